The largest absolute Gasteiger partial charge is 0.493 e. The van der Waals surface area contributed by atoms with Gasteiger partial charge in [0.25, 0.3) is 11.8 Å². The number of carbonyl (C=O) groups is 3. The van der Waals surface area contributed by atoms with Crippen LogP contribution in [0.25, 0.3) is 0 Å². The first-order valence-corrected chi connectivity index (χ1v) is 12.7. The van der Waals surface area contributed by atoms with E-state index in [4.69, 9.17) is 23.4 Å². The number of amides is 2. The highest BCUT2D eigenvalue weighted by Crippen LogP contribution is 2.38. The quantitative estimate of drug-likeness (QED) is 0.105. The Kier molecular flexibility index (Phi) is 9.38. The molecule has 0 spiro atoms. The van der Waals surface area contributed by atoms with Crippen molar-refractivity contribution in [2.45, 2.75) is 0 Å². The molecule has 3 aromatic carbocycles. The molecule has 210 valence electrons. The molecule has 0 aliphatic carbocycles. The lowest BCUT2D eigenvalue weighted by Gasteiger charge is -2.14. The van der Waals surface area contributed by atoms with E-state index in [-0.39, 0.29) is 17.1 Å². The van der Waals surface area contributed by atoms with Gasteiger partial charge in [-0.1, -0.05) is 15.9 Å². The zero-order valence-corrected chi connectivity index (χ0v) is 23.7. The monoisotopic (exact) mass is 621 g/mol. The van der Waals surface area contributed by atoms with E-state index < -0.39 is 17.8 Å². The average molecular weight is 622 g/mol. The molecule has 0 aliphatic heterocycles. The molecule has 0 fully saturated rings. The second-order valence-corrected chi connectivity index (χ2v) is 9.11. The van der Waals surface area contributed by atoms with Gasteiger partial charge < -0.3 is 28.7 Å². The first kappa shape index (κ1) is 28.9. The van der Waals surface area contributed by atoms with E-state index in [1.165, 1.54) is 64.1 Å². The van der Waals surface area contributed by atoms with Gasteiger partial charge in [-0.3, -0.25) is 9.59 Å². The van der Waals surface area contributed by atoms with Crippen LogP contribution in [0.2, 0.25) is 0 Å². The Balaban J connectivity index is 1.40. The summed E-state index contributed by atoms with van der Waals surface area (Å²) < 4.78 is 27.0. The summed E-state index contributed by atoms with van der Waals surface area (Å²) >= 11 is 3.36. The number of anilines is 1. The Bertz CT molecular complexity index is 1560. The molecule has 2 N–H and O–H groups in total. The fraction of sp³-hybridized carbons (Fsp3) is 0.103. The third-order valence-corrected chi connectivity index (χ3v) is 6.09. The molecule has 41 heavy (non-hydrogen) atoms. The number of nitrogens with zero attached hydrogens (tertiary/aromatic N) is 1. The molecule has 1 aromatic heterocycles. The first-order valence-electron chi connectivity index (χ1n) is 11.9. The molecular weight excluding hydrogens is 598 g/mol. The lowest BCUT2D eigenvalue weighted by Crippen LogP contribution is -2.18. The van der Waals surface area contributed by atoms with Crippen molar-refractivity contribution in [2.75, 3.05) is 26.6 Å². The van der Waals surface area contributed by atoms with Crippen molar-refractivity contribution in [3.63, 3.8) is 0 Å². The second-order valence-electron chi connectivity index (χ2n) is 8.19. The molecular formula is C29H24BrN3O8. The summed E-state index contributed by atoms with van der Waals surface area (Å²) in [5, 5.41) is 6.74. The highest BCUT2D eigenvalue weighted by Gasteiger charge is 2.18. The Morgan fingerprint density at radius 3 is 2.15 bits per heavy atom. The van der Waals surface area contributed by atoms with Gasteiger partial charge in [-0.2, -0.15) is 5.10 Å². The van der Waals surface area contributed by atoms with Crippen molar-refractivity contribution in [2.24, 2.45) is 5.10 Å². The van der Waals surface area contributed by atoms with E-state index in [1.807, 2.05) is 0 Å². The number of halogens is 1. The fourth-order valence-electron chi connectivity index (χ4n) is 3.60. The lowest BCUT2D eigenvalue weighted by molar-refractivity contribution is 0.0700. The SMILES string of the molecule is COc1cc(C(=O)Nc2ccc(C(=O)N/N=C\c3cc(Br)ccc3OC(=O)c3ccco3)cc2)cc(OC)c1OC. The van der Waals surface area contributed by atoms with Gasteiger partial charge in [0.2, 0.25) is 11.5 Å². The van der Waals surface area contributed by atoms with Gasteiger partial charge in [0.15, 0.2) is 11.5 Å². The number of hydrazone groups is 1. The minimum Gasteiger partial charge on any atom is -0.493 e. The normalized spacial score (nSPS) is 10.6. The molecule has 0 saturated heterocycles. The summed E-state index contributed by atoms with van der Waals surface area (Å²) in [5.41, 5.74) is 3.91. The van der Waals surface area contributed by atoms with E-state index in [9.17, 15) is 14.4 Å². The van der Waals surface area contributed by atoms with Gasteiger partial charge in [0.05, 0.1) is 33.8 Å². The first-order chi connectivity index (χ1) is 19.8. The maximum absolute atomic E-state index is 12.8. The van der Waals surface area contributed by atoms with Crippen molar-refractivity contribution >= 4 is 45.6 Å². The maximum atomic E-state index is 12.8. The van der Waals surface area contributed by atoms with E-state index in [1.54, 1.807) is 36.4 Å². The minimum atomic E-state index is -0.673. The number of nitrogens with one attached hydrogen (secondary N) is 2. The van der Waals surface area contributed by atoms with E-state index in [0.29, 0.717) is 38.5 Å². The number of carbonyl (C=O) groups excluding carboxylic acids is 3. The van der Waals surface area contributed by atoms with Crippen LogP contribution in [0.5, 0.6) is 23.0 Å². The van der Waals surface area contributed by atoms with Crippen LogP contribution in [0.15, 0.2) is 87.0 Å². The van der Waals surface area contributed by atoms with E-state index in [0.717, 1.165) is 0 Å². The van der Waals surface area contributed by atoms with Crippen LogP contribution in [0.3, 0.4) is 0 Å². The van der Waals surface area contributed by atoms with Crippen molar-refractivity contribution in [3.8, 4) is 23.0 Å². The zero-order chi connectivity index (χ0) is 29.4. The number of esters is 1. The van der Waals surface area contributed by atoms with Crippen LogP contribution in [0, 0.1) is 0 Å². The number of methoxy groups -OCH3 is 3. The lowest BCUT2D eigenvalue weighted by atomic mass is 10.1. The highest BCUT2D eigenvalue weighted by atomic mass is 79.9. The number of hydrogen-bond acceptors (Lipinski definition) is 9. The van der Waals surface area contributed by atoms with Crippen LogP contribution in [-0.2, 0) is 0 Å². The summed E-state index contributed by atoms with van der Waals surface area (Å²) in [5.74, 6) is -0.252. The van der Waals surface area contributed by atoms with Gasteiger partial charge in [0, 0.05) is 26.9 Å². The molecule has 4 rings (SSSR count). The van der Waals surface area contributed by atoms with E-state index >= 15 is 0 Å². The molecule has 0 saturated carbocycles. The van der Waals surface area contributed by atoms with Crippen LogP contribution in [0.4, 0.5) is 5.69 Å². The number of furan rings is 1. The van der Waals surface area contributed by atoms with Crippen LogP contribution >= 0.6 is 15.9 Å². The molecule has 0 aliphatic rings. The van der Waals surface area contributed by atoms with Gasteiger partial charge in [-0.05, 0) is 66.7 Å². The van der Waals surface area contributed by atoms with Gasteiger partial charge in [-0.15, -0.1) is 0 Å². The Hall–Kier alpha value is -5.10. The maximum Gasteiger partial charge on any atom is 0.379 e. The number of ether oxygens (including phenoxy) is 4. The number of rotatable bonds is 10. The molecule has 1 heterocycles. The molecule has 4 aromatic rings. The summed E-state index contributed by atoms with van der Waals surface area (Å²) in [4.78, 5) is 37.7. The van der Waals surface area contributed by atoms with Crippen molar-refractivity contribution in [1.82, 2.24) is 5.43 Å². The fourth-order valence-corrected chi connectivity index (χ4v) is 3.98. The Morgan fingerprint density at radius 2 is 1.54 bits per heavy atom. The van der Waals surface area contributed by atoms with Crippen molar-refractivity contribution < 1.29 is 37.7 Å². The van der Waals surface area contributed by atoms with Gasteiger partial charge in [0.1, 0.15) is 5.75 Å². The van der Waals surface area contributed by atoms with Crippen molar-refractivity contribution in [3.05, 3.63) is 99.9 Å². The molecule has 0 atom stereocenters. The van der Waals surface area contributed by atoms with Gasteiger partial charge >= 0.3 is 5.97 Å². The third-order valence-electron chi connectivity index (χ3n) is 5.60. The zero-order valence-electron chi connectivity index (χ0n) is 22.1. The Labute approximate surface area is 243 Å². The molecule has 0 bridgehead atoms. The summed E-state index contributed by atoms with van der Waals surface area (Å²) in [6, 6.07) is 17.3. The second kappa shape index (κ2) is 13.3. The highest BCUT2D eigenvalue weighted by molar-refractivity contribution is 9.10. The summed E-state index contributed by atoms with van der Waals surface area (Å²) in [7, 11) is 4.39. The predicted octanol–water partition coefficient (Wildman–Crippen LogP) is 5.30. The standard InChI is InChI=1S/C29H24BrN3O8/c1-37-24-14-18(15-25(38-2)26(24)39-3)27(34)32-21-9-6-17(7-10-21)28(35)33-31-16-19-13-20(30)8-11-22(19)41-29(36)23-5-4-12-40-23/h4-16H,1-3H3,(H,32,34)(H,33,35)/b31-16-. The molecule has 0 radical (unpaired) electrons. The third kappa shape index (κ3) is 7.11. The summed E-state index contributed by atoms with van der Waals surface area (Å²) in [6.45, 7) is 0. The van der Waals surface area contributed by atoms with Crippen LogP contribution in [-0.4, -0.2) is 45.3 Å². The van der Waals surface area contributed by atoms with Crippen LogP contribution in [0.1, 0.15) is 36.8 Å². The van der Waals surface area contributed by atoms with Crippen molar-refractivity contribution in [1.29, 1.82) is 0 Å². The van der Waals surface area contributed by atoms with Crippen LogP contribution < -0.4 is 29.7 Å². The smallest absolute Gasteiger partial charge is 0.379 e. The predicted molar refractivity (Wildman–Crippen MR) is 153 cm³/mol. The Morgan fingerprint density at radius 1 is 0.829 bits per heavy atom. The minimum absolute atomic E-state index is 0.0483. The molecule has 12 heteroatoms. The van der Waals surface area contributed by atoms with E-state index in [2.05, 4.69) is 31.8 Å². The number of benzene rings is 3. The average Bonchev–Trinajstić information content (AvgIpc) is 3.53. The molecule has 0 unspecified atom stereocenters. The van der Waals surface area contributed by atoms with Gasteiger partial charge in [-0.25, -0.2) is 10.2 Å². The molecule has 2 amide bonds. The topological polar surface area (TPSA) is 138 Å². The number of hydrogen-bond donors (Lipinski definition) is 2. The molecule has 11 nitrogen and oxygen atoms in total. The summed E-state index contributed by atoms with van der Waals surface area (Å²) in [6.07, 6.45) is 2.71.